The Morgan fingerprint density at radius 2 is 1.76 bits per heavy atom. The molecule has 3 rings (SSSR count). The van der Waals surface area contributed by atoms with E-state index in [0.29, 0.717) is 6.42 Å². The lowest BCUT2D eigenvalue weighted by Crippen LogP contribution is -2.17. The molecule has 3 heteroatoms. The Labute approximate surface area is 157 Å². The number of nitrogens with zero attached hydrogens (tertiary/aromatic N) is 1. The van der Waals surface area contributed by atoms with E-state index in [2.05, 4.69) is 40.0 Å². The van der Waals surface area contributed by atoms with Crippen LogP contribution < -0.4 is 0 Å². The molecule has 1 atom stereocenters. The maximum Gasteiger partial charge on any atom is 0.149 e. The van der Waals surface area contributed by atoms with E-state index >= 15 is 0 Å². The van der Waals surface area contributed by atoms with Gasteiger partial charge < -0.3 is 0 Å². The number of rotatable bonds is 5. The second kappa shape index (κ2) is 7.75. The number of carbonyl (C=O) groups excluding carboxylic acids is 1. The van der Waals surface area contributed by atoms with Crippen molar-refractivity contribution in [2.24, 2.45) is 0 Å². The molecule has 0 saturated carbocycles. The number of carbonyl (C=O) groups is 1. The molecule has 0 N–H and O–H groups in total. The molecular formula is C22H20BrNO. The van der Waals surface area contributed by atoms with Crippen molar-refractivity contribution in [1.29, 1.82) is 0 Å². The Balaban J connectivity index is 2.00. The number of hydrogen-bond acceptors (Lipinski definition) is 2. The zero-order chi connectivity index (χ0) is 17.8. The Kier molecular flexibility index (Phi) is 5.44. The second-order valence-electron chi connectivity index (χ2n) is 6.29. The lowest BCUT2D eigenvalue weighted by molar-refractivity contribution is -0.119. The number of pyridine rings is 1. The topological polar surface area (TPSA) is 30.0 Å². The zero-order valence-corrected chi connectivity index (χ0v) is 16.0. The first-order valence-electron chi connectivity index (χ1n) is 8.30. The number of aromatic nitrogens is 1. The van der Waals surface area contributed by atoms with Crippen LogP contribution in [0.25, 0.3) is 0 Å². The molecule has 0 aliphatic heterocycles. The minimum atomic E-state index is -0.261. The van der Waals surface area contributed by atoms with Crippen molar-refractivity contribution in [3.63, 3.8) is 0 Å². The molecule has 0 saturated heterocycles. The summed E-state index contributed by atoms with van der Waals surface area (Å²) in [6.45, 7) is 4.01. The maximum atomic E-state index is 13.2. The van der Waals surface area contributed by atoms with Gasteiger partial charge in [0.25, 0.3) is 0 Å². The van der Waals surface area contributed by atoms with Gasteiger partial charge in [-0.3, -0.25) is 9.78 Å². The highest BCUT2D eigenvalue weighted by Gasteiger charge is 2.24. The van der Waals surface area contributed by atoms with Gasteiger partial charge in [0.15, 0.2) is 0 Å². The Bertz CT molecular complexity index is 887. The number of aryl methyl sites for hydroxylation is 2. The highest BCUT2D eigenvalue weighted by atomic mass is 79.9. The smallest absolute Gasteiger partial charge is 0.149 e. The molecule has 1 unspecified atom stereocenters. The fourth-order valence-electron chi connectivity index (χ4n) is 3.12. The summed E-state index contributed by atoms with van der Waals surface area (Å²) in [7, 11) is 0. The van der Waals surface area contributed by atoms with Crippen LogP contribution in [-0.4, -0.2) is 10.8 Å². The minimum Gasteiger partial charge on any atom is -0.298 e. The number of hydrogen-bond donors (Lipinski definition) is 0. The molecule has 1 aromatic heterocycles. The highest BCUT2D eigenvalue weighted by Crippen LogP contribution is 2.30. The van der Waals surface area contributed by atoms with Crippen molar-refractivity contribution >= 4 is 21.7 Å². The molecule has 126 valence electrons. The van der Waals surface area contributed by atoms with Crippen LogP contribution in [0, 0.1) is 13.8 Å². The first kappa shape index (κ1) is 17.6. The van der Waals surface area contributed by atoms with E-state index in [1.807, 2.05) is 55.5 Å². The molecule has 0 aliphatic carbocycles. The van der Waals surface area contributed by atoms with Crippen molar-refractivity contribution < 1.29 is 4.79 Å². The molecule has 0 radical (unpaired) electrons. The van der Waals surface area contributed by atoms with Crippen molar-refractivity contribution in [2.45, 2.75) is 26.2 Å². The first-order valence-corrected chi connectivity index (χ1v) is 9.09. The second-order valence-corrected chi connectivity index (χ2v) is 7.21. The number of benzene rings is 2. The molecule has 0 fully saturated rings. The third-order valence-electron chi connectivity index (χ3n) is 4.36. The fraction of sp³-hybridized carbons (Fsp3) is 0.182. The van der Waals surface area contributed by atoms with Gasteiger partial charge >= 0.3 is 0 Å². The van der Waals surface area contributed by atoms with E-state index in [1.165, 1.54) is 0 Å². The number of ketones is 1. The third-order valence-corrected chi connectivity index (χ3v) is 4.89. The van der Waals surface area contributed by atoms with Crippen LogP contribution in [0.15, 0.2) is 71.3 Å². The van der Waals surface area contributed by atoms with Gasteiger partial charge in [0, 0.05) is 22.8 Å². The predicted octanol–water partition coefficient (Wildman–Crippen LogP) is 5.40. The molecule has 1 heterocycles. The molecule has 0 amide bonds. The van der Waals surface area contributed by atoms with E-state index < -0.39 is 0 Å². The molecule has 2 aromatic carbocycles. The minimum absolute atomic E-state index is 0.197. The maximum absolute atomic E-state index is 13.2. The fourth-order valence-corrected chi connectivity index (χ4v) is 3.39. The number of halogens is 1. The zero-order valence-electron chi connectivity index (χ0n) is 14.4. The quantitative estimate of drug-likeness (QED) is 0.580. The van der Waals surface area contributed by atoms with E-state index in [9.17, 15) is 4.79 Å². The van der Waals surface area contributed by atoms with Gasteiger partial charge in [-0.05, 0) is 60.4 Å². The Morgan fingerprint density at radius 1 is 1.04 bits per heavy atom. The van der Waals surface area contributed by atoms with Crippen LogP contribution in [0.4, 0.5) is 0 Å². The van der Waals surface area contributed by atoms with E-state index in [-0.39, 0.29) is 11.7 Å². The van der Waals surface area contributed by atoms with Gasteiger partial charge in [-0.1, -0.05) is 52.3 Å². The molecule has 3 aromatic rings. The third kappa shape index (κ3) is 4.23. The van der Waals surface area contributed by atoms with Crippen molar-refractivity contribution in [3.05, 3.63) is 99.3 Å². The summed E-state index contributed by atoms with van der Waals surface area (Å²) < 4.78 is 1.01. The Morgan fingerprint density at radius 3 is 2.44 bits per heavy atom. The lowest BCUT2D eigenvalue weighted by Gasteiger charge is -2.19. The molecule has 0 aliphatic rings. The summed E-state index contributed by atoms with van der Waals surface area (Å²) in [5.41, 5.74) is 5.16. The summed E-state index contributed by atoms with van der Waals surface area (Å²) >= 11 is 3.47. The first-order chi connectivity index (χ1) is 12.0. The Hall–Kier alpha value is -2.26. The standard InChI is InChI=1S/C22H20BrNO/c1-15-5-3-4-6-20(15)22(18-7-9-19(23)10-8-18)21(25)14-17-11-12-24-16(2)13-17/h3-13,22H,14H2,1-2H3. The molecule has 0 bridgehead atoms. The summed E-state index contributed by atoms with van der Waals surface area (Å²) in [4.78, 5) is 17.4. The monoisotopic (exact) mass is 393 g/mol. The largest absolute Gasteiger partial charge is 0.298 e. The lowest BCUT2D eigenvalue weighted by atomic mass is 9.83. The summed E-state index contributed by atoms with van der Waals surface area (Å²) in [5.74, 6) is -0.0648. The molecular weight excluding hydrogens is 374 g/mol. The van der Waals surface area contributed by atoms with Crippen molar-refractivity contribution in [1.82, 2.24) is 4.98 Å². The normalized spacial score (nSPS) is 12.0. The molecule has 0 spiro atoms. The van der Waals surface area contributed by atoms with Gasteiger partial charge in [-0.25, -0.2) is 0 Å². The van der Waals surface area contributed by atoms with Crippen LogP contribution in [-0.2, 0) is 11.2 Å². The van der Waals surface area contributed by atoms with Gasteiger partial charge in [0.1, 0.15) is 5.78 Å². The molecule has 25 heavy (non-hydrogen) atoms. The van der Waals surface area contributed by atoms with Gasteiger partial charge in [0.2, 0.25) is 0 Å². The van der Waals surface area contributed by atoms with Crippen LogP contribution in [0.3, 0.4) is 0 Å². The van der Waals surface area contributed by atoms with Crippen LogP contribution in [0.5, 0.6) is 0 Å². The summed E-state index contributed by atoms with van der Waals surface area (Å²) in [5, 5.41) is 0. The average molecular weight is 394 g/mol. The van der Waals surface area contributed by atoms with Crippen molar-refractivity contribution in [3.8, 4) is 0 Å². The molecule has 2 nitrogen and oxygen atoms in total. The van der Waals surface area contributed by atoms with Crippen LogP contribution in [0.1, 0.15) is 33.9 Å². The van der Waals surface area contributed by atoms with Crippen molar-refractivity contribution in [2.75, 3.05) is 0 Å². The predicted molar refractivity (Wildman–Crippen MR) is 105 cm³/mol. The van der Waals surface area contributed by atoms with E-state index in [4.69, 9.17) is 0 Å². The highest BCUT2D eigenvalue weighted by molar-refractivity contribution is 9.10. The van der Waals surface area contributed by atoms with Gasteiger partial charge in [-0.15, -0.1) is 0 Å². The van der Waals surface area contributed by atoms with E-state index in [1.54, 1.807) is 6.20 Å². The summed E-state index contributed by atoms with van der Waals surface area (Å²) in [6, 6.07) is 20.0. The van der Waals surface area contributed by atoms with Crippen LogP contribution >= 0.6 is 15.9 Å². The average Bonchev–Trinajstić information content (AvgIpc) is 2.58. The SMILES string of the molecule is Cc1cc(CC(=O)C(c2ccc(Br)cc2)c2ccccc2C)ccn1. The summed E-state index contributed by atoms with van der Waals surface area (Å²) in [6.07, 6.45) is 2.17. The van der Waals surface area contributed by atoms with Crippen LogP contribution in [0.2, 0.25) is 0 Å². The van der Waals surface area contributed by atoms with Gasteiger partial charge in [-0.2, -0.15) is 0 Å². The number of Topliss-reactive ketones (excluding diaryl/α,β-unsaturated/α-hetero) is 1. The van der Waals surface area contributed by atoms with Gasteiger partial charge in [0.05, 0.1) is 5.92 Å². The van der Waals surface area contributed by atoms with E-state index in [0.717, 1.165) is 32.4 Å².